The summed E-state index contributed by atoms with van der Waals surface area (Å²) in [4.78, 5) is 2.12. The smallest absolute Gasteiger partial charge is 0.125 e. The maximum atomic E-state index is 13.5. The van der Waals surface area contributed by atoms with Crippen LogP contribution >= 0.6 is 15.9 Å². The molecular formula is C17H20BrFN2. The molecule has 0 saturated heterocycles. The summed E-state index contributed by atoms with van der Waals surface area (Å²) in [7, 11) is 0. The van der Waals surface area contributed by atoms with Crippen molar-refractivity contribution in [2.75, 3.05) is 18.0 Å². The molecule has 0 aromatic heterocycles. The molecule has 2 aromatic carbocycles. The molecule has 0 heterocycles. The minimum Gasteiger partial charge on any atom is -0.363 e. The van der Waals surface area contributed by atoms with Crippen molar-refractivity contribution in [3.05, 3.63) is 63.9 Å². The number of hydrogen-bond acceptors (Lipinski definition) is 2. The molecule has 0 bridgehead atoms. The minimum atomic E-state index is -0.232. The maximum absolute atomic E-state index is 13.5. The quantitative estimate of drug-likeness (QED) is 0.864. The molecule has 0 radical (unpaired) electrons. The lowest BCUT2D eigenvalue weighted by Crippen LogP contribution is -2.34. The van der Waals surface area contributed by atoms with Gasteiger partial charge in [-0.05, 0) is 49.2 Å². The number of hydrogen-bond donors (Lipinski definition) is 1. The van der Waals surface area contributed by atoms with Gasteiger partial charge in [0.15, 0.2) is 0 Å². The first-order chi connectivity index (χ1) is 10.1. The van der Waals surface area contributed by atoms with Crippen LogP contribution in [-0.4, -0.2) is 13.1 Å². The summed E-state index contributed by atoms with van der Waals surface area (Å²) in [6.45, 7) is 5.32. The van der Waals surface area contributed by atoms with Crippen molar-refractivity contribution in [1.29, 1.82) is 0 Å². The fourth-order valence-corrected chi connectivity index (χ4v) is 3.32. The fourth-order valence-electron chi connectivity index (χ4n) is 2.56. The van der Waals surface area contributed by atoms with Crippen LogP contribution in [-0.2, 0) is 0 Å². The Labute approximate surface area is 133 Å². The van der Waals surface area contributed by atoms with Crippen molar-refractivity contribution in [3.8, 4) is 0 Å². The second kappa shape index (κ2) is 7.05. The Morgan fingerprint density at radius 3 is 2.57 bits per heavy atom. The number of likely N-dealkylation sites (N-methyl/N-ethyl adjacent to an activating group) is 1. The molecule has 0 saturated carbocycles. The Bertz CT molecular complexity index is 615. The van der Waals surface area contributed by atoms with Crippen molar-refractivity contribution < 1.29 is 4.39 Å². The van der Waals surface area contributed by atoms with Crippen LogP contribution in [0.25, 0.3) is 0 Å². The van der Waals surface area contributed by atoms with E-state index < -0.39 is 0 Å². The average molecular weight is 351 g/mol. The number of aryl methyl sites for hydroxylation is 1. The van der Waals surface area contributed by atoms with Crippen LogP contribution in [0.3, 0.4) is 0 Å². The second-order valence-corrected chi connectivity index (χ2v) is 5.90. The van der Waals surface area contributed by atoms with Crippen LogP contribution in [0.1, 0.15) is 24.1 Å². The highest BCUT2D eigenvalue weighted by atomic mass is 79.9. The Balaban J connectivity index is 2.42. The van der Waals surface area contributed by atoms with Gasteiger partial charge in [0.2, 0.25) is 0 Å². The topological polar surface area (TPSA) is 29.3 Å². The Morgan fingerprint density at radius 1 is 1.24 bits per heavy atom. The van der Waals surface area contributed by atoms with Gasteiger partial charge in [0.05, 0.1) is 6.04 Å². The summed E-state index contributed by atoms with van der Waals surface area (Å²) < 4.78 is 14.5. The van der Waals surface area contributed by atoms with E-state index in [1.807, 2.05) is 6.07 Å². The SMILES string of the molecule is CCN(c1cccc(F)c1)C(CN)c1ccc(C)cc1Br. The number of rotatable bonds is 5. The van der Waals surface area contributed by atoms with Crippen molar-refractivity contribution in [2.45, 2.75) is 19.9 Å². The third kappa shape index (κ3) is 3.63. The van der Waals surface area contributed by atoms with E-state index in [1.54, 1.807) is 12.1 Å². The van der Waals surface area contributed by atoms with Crippen LogP contribution < -0.4 is 10.6 Å². The van der Waals surface area contributed by atoms with E-state index in [1.165, 1.54) is 11.6 Å². The highest BCUT2D eigenvalue weighted by molar-refractivity contribution is 9.10. The van der Waals surface area contributed by atoms with Gasteiger partial charge in [-0.15, -0.1) is 0 Å². The summed E-state index contributed by atoms with van der Waals surface area (Å²) in [5, 5.41) is 0. The predicted molar refractivity (Wildman–Crippen MR) is 90.1 cm³/mol. The molecule has 0 amide bonds. The maximum Gasteiger partial charge on any atom is 0.125 e. The lowest BCUT2D eigenvalue weighted by molar-refractivity contribution is 0.615. The molecule has 1 unspecified atom stereocenters. The van der Waals surface area contributed by atoms with Crippen LogP contribution in [0.4, 0.5) is 10.1 Å². The zero-order valence-corrected chi connectivity index (χ0v) is 13.9. The summed E-state index contributed by atoms with van der Waals surface area (Å²) >= 11 is 3.62. The number of benzene rings is 2. The zero-order valence-electron chi connectivity index (χ0n) is 12.3. The van der Waals surface area contributed by atoms with Crippen LogP contribution in [0, 0.1) is 12.7 Å². The van der Waals surface area contributed by atoms with Gasteiger partial charge in [-0.1, -0.05) is 34.1 Å². The monoisotopic (exact) mass is 350 g/mol. The summed E-state index contributed by atoms with van der Waals surface area (Å²) in [6.07, 6.45) is 0. The molecule has 112 valence electrons. The predicted octanol–water partition coefficient (Wildman–Crippen LogP) is 4.42. The van der Waals surface area contributed by atoms with Gasteiger partial charge in [0, 0.05) is 23.2 Å². The lowest BCUT2D eigenvalue weighted by atomic mass is 10.0. The molecule has 2 rings (SSSR count). The molecule has 4 heteroatoms. The lowest BCUT2D eigenvalue weighted by Gasteiger charge is -2.33. The van der Waals surface area contributed by atoms with Crippen molar-refractivity contribution >= 4 is 21.6 Å². The van der Waals surface area contributed by atoms with Gasteiger partial charge in [0.1, 0.15) is 5.82 Å². The Hall–Kier alpha value is -1.39. The van der Waals surface area contributed by atoms with Gasteiger partial charge < -0.3 is 10.6 Å². The van der Waals surface area contributed by atoms with Crippen LogP contribution in [0.15, 0.2) is 46.9 Å². The molecule has 1 atom stereocenters. The van der Waals surface area contributed by atoms with Gasteiger partial charge in [0.25, 0.3) is 0 Å². The standard InChI is InChI=1S/C17H20BrFN2/c1-3-21(14-6-4-5-13(19)10-14)17(11-20)15-8-7-12(2)9-16(15)18/h4-10,17H,3,11,20H2,1-2H3. The summed E-state index contributed by atoms with van der Waals surface area (Å²) in [5.74, 6) is -0.232. The van der Waals surface area contributed by atoms with Crippen molar-refractivity contribution in [2.24, 2.45) is 5.73 Å². The number of anilines is 1. The second-order valence-electron chi connectivity index (χ2n) is 5.04. The van der Waals surface area contributed by atoms with Crippen LogP contribution in [0.2, 0.25) is 0 Å². The van der Waals surface area contributed by atoms with Crippen molar-refractivity contribution in [3.63, 3.8) is 0 Å². The Morgan fingerprint density at radius 2 is 2.00 bits per heavy atom. The number of nitrogens with zero attached hydrogens (tertiary/aromatic N) is 1. The first-order valence-electron chi connectivity index (χ1n) is 7.05. The van der Waals surface area contributed by atoms with Crippen LogP contribution in [0.5, 0.6) is 0 Å². The van der Waals surface area contributed by atoms with E-state index in [-0.39, 0.29) is 11.9 Å². The van der Waals surface area contributed by atoms with Gasteiger partial charge in [-0.2, -0.15) is 0 Å². The highest BCUT2D eigenvalue weighted by Crippen LogP contribution is 2.31. The molecule has 0 aliphatic heterocycles. The van der Waals surface area contributed by atoms with Gasteiger partial charge in [-0.25, -0.2) is 4.39 Å². The molecule has 0 aliphatic rings. The molecule has 0 aliphatic carbocycles. The third-order valence-corrected chi connectivity index (χ3v) is 4.28. The minimum absolute atomic E-state index is 0.00627. The molecular weight excluding hydrogens is 331 g/mol. The number of halogens is 2. The molecule has 0 fully saturated rings. The summed E-state index contributed by atoms with van der Waals surface area (Å²) in [6, 6.07) is 12.9. The van der Waals surface area contributed by atoms with Gasteiger partial charge >= 0.3 is 0 Å². The average Bonchev–Trinajstić information content (AvgIpc) is 2.45. The molecule has 2 N–H and O–H groups in total. The van der Waals surface area contributed by atoms with E-state index in [0.717, 1.165) is 22.3 Å². The first-order valence-corrected chi connectivity index (χ1v) is 7.84. The molecule has 2 aromatic rings. The molecule has 0 spiro atoms. The normalized spacial score (nSPS) is 12.2. The molecule has 2 nitrogen and oxygen atoms in total. The largest absolute Gasteiger partial charge is 0.363 e. The number of nitrogens with two attached hydrogens (primary N) is 1. The summed E-state index contributed by atoms with van der Waals surface area (Å²) in [5.41, 5.74) is 9.16. The zero-order chi connectivity index (χ0) is 15.4. The third-order valence-electron chi connectivity index (χ3n) is 3.59. The van der Waals surface area contributed by atoms with Crippen molar-refractivity contribution in [1.82, 2.24) is 0 Å². The van der Waals surface area contributed by atoms with E-state index >= 15 is 0 Å². The van der Waals surface area contributed by atoms with Gasteiger partial charge in [-0.3, -0.25) is 0 Å². The van der Waals surface area contributed by atoms with E-state index in [0.29, 0.717) is 6.54 Å². The van der Waals surface area contributed by atoms with E-state index in [4.69, 9.17) is 5.73 Å². The first kappa shape index (κ1) is 16.0. The Kier molecular flexibility index (Phi) is 5.37. The molecule has 21 heavy (non-hydrogen) atoms. The van der Waals surface area contributed by atoms with E-state index in [2.05, 4.69) is 52.9 Å². The van der Waals surface area contributed by atoms with E-state index in [9.17, 15) is 4.39 Å². The highest BCUT2D eigenvalue weighted by Gasteiger charge is 2.20. The fraction of sp³-hybridized carbons (Fsp3) is 0.294.